The largest absolute Gasteiger partial charge is 0.493 e. The van der Waals surface area contributed by atoms with Crippen molar-refractivity contribution in [1.82, 2.24) is 14.8 Å². The number of rotatable bonds is 6. The van der Waals surface area contributed by atoms with Gasteiger partial charge in [-0.2, -0.15) is 10.1 Å². The van der Waals surface area contributed by atoms with Crippen molar-refractivity contribution in [2.75, 3.05) is 17.2 Å². The number of amides is 1. The number of aromatic nitrogens is 3. The third-order valence-electron chi connectivity index (χ3n) is 5.11. The van der Waals surface area contributed by atoms with Crippen molar-refractivity contribution >= 4 is 17.5 Å². The second-order valence-electron chi connectivity index (χ2n) is 7.25. The van der Waals surface area contributed by atoms with E-state index in [0.29, 0.717) is 18.1 Å². The molecule has 154 valence electrons. The quantitative estimate of drug-likeness (QED) is 0.641. The molecular weight excluding hydrogens is 378 g/mol. The Bertz CT molecular complexity index is 1100. The second-order valence-corrected chi connectivity index (χ2v) is 7.25. The molecule has 1 aliphatic heterocycles. The lowest BCUT2D eigenvalue weighted by molar-refractivity contribution is -0.113. The molecule has 0 saturated heterocycles. The zero-order chi connectivity index (χ0) is 21.1. The van der Waals surface area contributed by atoms with E-state index >= 15 is 0 Å². The van der Waals surface area contributed by atoms with Crippen LogP contribution in [-0.4, -0.2) is 27.3 Å². The summed E-state index contributed by atoms with van der Waals surface area (Å²) in [4.78, 5) is 17.8. The van der Waals surface area contributed by atoms with E-state index in [-0.39, 0.29) is 5.91 Å². The van der Waals surface area contributed by atoms with Gasteiger partial charge in [0, 0.05) is 16.9 Å². The van der Waals surface area contributed by atoms with Crippen LogP contribution in [0.25, 0.3) is 0 Å². The van der Waals surface area contributed by atoms with Crippen molar-refractivity contribution in [3.05, 3.63) is 77.3 Å². The van der Waals surface area contributed by atoms with Crippen molar-refractivity contribution in [2.45, 2.75) is 33.2 Å². The summed E-state index contributed by atoms with van der Waals surface area (Å²) in [6.45, 7) is 6.51. The first kappa shape index (κ1) is 19.7. The highest BCUT2D eigenvalue weighted by molar-refractivity contribution is 6.06. The van der Waals surface area contributed by atoms with Crippen LogP contribution in [0.2, 0.25) is 0 Å². The monoisotopic (exact) mass is 403 g/mol. The van der Waals surface area contributed by atoms with Crippen LogP contribution in [0.1, 0.15) is 37.4 Å². The van der Waals surface area contributed by atoms with E-state index in [0.717, 1.165) is 34.7 Å². The molecule has 1 amide bonds. The number of allylic oxidation sites excluding steroid dienone is 1. The van der Waals surface area contributed by atoms with E-state index < -0.39 is 6.04 Å². The predicted molar refractivity (Wildman–Crippen MR) is 117 cm³/mol. The summed E-state index contributed by atoms with van der Waals surface area (Å²) in [5, 5.41) is 10.7. The lowest BCUT2D eigenvalue weighted by Gasteiger charge is -2.30. The third kappa shape index (κ3) is 3.66. The molecule has 1 aromatic heterocycles. The van der Waals surface area contributed by atoms with Gasteiger partial charge in [0.2, 0.25) is 5.95 Å². The molecule has 4 rings (SSSR count). The van der Waals surface area contributed by atoms with Crippen LogP contribution in [0.3, 0.4) is 0 Å². The summed E-state index contributed by atoms with van der Waals surface area (Å²) in [5.74, 6) is 1.14. The van der Waals surface area contributed by atoms with Crippen molar-refractivity contribution in [1.29, 1.82) is 0 Å². The Kier molecular flexibility index (Phi) is 5.52. The molecule has 0 spiro atoms. The number of anilines is 2. The molecule has 7 heteroatoms. The third-order valence-corrected chi connectivity index (χ3v) is 5.11. The highest BCUT2D eigenvalue weighted by atomic mass is 16.5. The number of hydrogen-bond donors (Lipinski definition) is 2. The van der Waals surface area contributed by atoms with Crippen molar-refractivity contribution in [2.24, 2.45) is 0 Å². The minimum absolute atomic E-state index is 0.189. The molecule has 0 saturated carbocycles. The number of carbonyl (C=O) groups is 1. The predicted octanol–water partition coefficient (Wildman–Crippen LogP) is 4.30. The maximum Gasteiger partial charge on any atom is 0.255 e. The molecule has 2 N–H and O–H groups in total. The minimum Gasteiger partial charge on any atom is -0.493 e. The SMILES string of the molecule is CCCOc1ccccc1C1C(C(=O)Nc2ccccc2C)=C(C)Nc2ncnn21. The molecule has 0 radical (unpaired) electrons. The average molecular weight is 403 g/mol. The first-order valence-electron chi connectivity index (χ1n) is 10.1. The Morgan fingerprint density at radius 2 is 1.93 bits per heavy atom. The molecule has 0 aliphatic carbocycles. The van der Waals surface area contributed by atoms with Gasteiger partial charge in [-0.1, -0.05) is 43.3 Å². The number of ether oxygens (including phenoxy) is 1. The highest BCUT2D eigenvalue weighted by Crippen LogP contribution is 2.39. The van der Waals surface area contributed by atoms with Gasteiger partial charge in [-0.25, -0.2) is 4.68 Å². The summed E-state index contributed by atoms with van der Waals surface area (Å²) in [6.07, 6.45) is 2.38. The van der Waals surface area contributed by atoms with Crippen LogP contribution >= 0.6 is 0 Å². The molecule has 0 bridgehead atoms. The Morgan fingerprint density at radius 1 is 1.17 bits per heavy atom. The maximum absolute atomic E-state index is 13.5. The van der Waals surface area contributed by atoms with Crippen LogP contribution in [0, 0.1) is 6.92 Å². The molecule has 1 unspecified atom stereocenters. The standard InChI is InChI=1S/C23H25N5O2/c1-4-13-30-19-12-8-6-10-17(19)21-20(16(3)26-23-24-14-25-28(21)23)22(29)27-18-11-7-5-9-15(18)2/h5-12,14,21H,4,13H2,1-3H3,(H,27,29)(H,24,25,26). The number of nitrogens with one attached hydrogen (secondary N) is 2. The van der Waals surface area contributed by atoms with Gasteiger partial charge >= 0.3 is 0 Å². The van der Waals surface area contributed by atoms with Crippen molar-refractivity contribution in [3.63, 3.8) is 0 Å². The molecule has 1 atom stereocenters. The van der Waals surface area contributed by atoms with Gasteiger partial charge < -0.3 is 15.4 Å². The van der Waals surface area contributed by atoms with E-state index in [2.05, 4.69) is 27.6 Å². The molecule has 2 aromatic carbocycles. The second kappa shape index (κ2) is 8.41. The first-order valence-corrected chi connectivity index (χ1v) is 10.1. The molecule has 30 heavy (non-hydrogen) atoms. The number of carbonyl (C=O) groups excluding carboxylic acids is 1. The van der Waals surface area contributed by atoms with E-state index in [9.17, 15) is 4.79 Å². The number of para-hydroxylation sites is 2. The normalized spacial score (nSPS) is 15.4. The van der Waals surface area contributed by atoms with Crippen molar-refractivity contribution < 1.29 is 9.53 Å². The highest BCUT2D eigenvalue weighted by Gasteiger charge is 2.35. The fourth-order valence-electron chi connectivity index (χ4n) is 3.63. The van der Waals surface area contributed by atoms with Crippen LogP contribution < -0.4 is 15.4 Å². The fourth-order valence-corrected chi connectivity index (χ4v) is 3.63. The van der Waals surface area contributed by atoms with Crippen LogP contribution in [0.4, 0.5) is 11.6 Å². The molecule has 2 heterocycles. The molecule has 7 nitrogen and oxygen atoms in total. The van der Waals surface area contributed by atoms with Gasteiger partial charge in [0.15, 0.2) is 0 Å². The van der Waals surface area contributed by atoms with Gasteiger partial charge in [0.05, 0.1) is 12.2 Å². The number of hydrogen-bond acceptors (Lipinski definition) is 5. The summed E-state index contributed by atoms with van der Waals surface area (Å²) in [7, 11) is 0. The zero-order valence-corrected chi connectivity index (χ0v) is 17.3. The molecule has 3 aromatic rings. The first-order chi connectivity index (χ1) is 14.6. The summed E-state index contributed by atoms with van der Waals surface area (Å²) < 4.78 is 7.73. The smallest absolute Gasteiger partial charge is 0.255 e. The van der Waals surface area contributed by atoms with Gasteiger partial charge in [-0.15, -0.1) is 0 Å². The van der Waals surface area contributed by atoms with E-state index in [1.54, 1.807) is 4.68 Å². The zero-order valence-electron chi connectivity index (χ0n) is 17.3. The van der Waals surface area contributed by atoms with Crippen LogP contribution in [0.15, 0.2) is 66.1 Å². The Morgan fingerprint density at radius 3 is 2.73 bits per heavy atom. The number of nitrogens with zero attached hydrogens (tertiary/aromatic N) is 3. The lowest BCUT2D eigenvalue weighted by atomic mass is 9.94. The summed E-state index contributed by atoms with van der Waals surface area (Å²) in [5.41, 5.74) is 3.95. The minimum atomic E-state index is -0.458. The Balaban J connectivity index is 1.79. The Hall–Kier alpha value is -3.61. The van der Waals surface area contributed by atoms with E-state index in [1.807, 2.05) is 62.4 Å². The average Bonchev–Trinajstić information content (AvgIpc) is 3.21. The summed E-state index contributed by atoms with van der Waals surface area (Å²) in [6, 6.07) is 15.0. The maximum atomic E-state index is 13.5. The van der Waals surface area contributed by atoms with Gasteiger partial charge in [-0.3, -0.25) is 4.79 Å². The lowest BCUT2D eigenvalue weighted by Crippen LogP contribution is -2.32. The van der Waals surface area contributed by atoms with E-state index in [4.69, 9.17) is 4.74 Å². The topological polar surface area (TPSA) is 81.1 Å². The number of benzene rings is 2. The summed E-state index contributed by atoms with van der Waals surface area (Å²) >= 11 is 0. The number of aryl methyl sites for hydroxylation is 1. The molecule has 1 aliphatic rings. The van der Waals surface area contributed by atoms with Crippen molar-refractivity contribution in [3.8, 4) is 5.75 Å². The van der Waals surface area contributed by atoms with Crippen LogP contribution in [-0.2, 0) is 4.79 Å². The number of fused-ring (bicyclic) bond motifs is 1. The van der Waals surface area contributed by atoms with Gasteiger partial charge in [-0.05, 0) is 38.0 Å². The van der Waals surface area contributed by atoms with Gasteiger partial charge in [0.25, 0.3) is 5.91 Å². The molecule has 0 fully saturated rings. The van der Waals surface area contributed by atoms with Gasteiger partial charge in [0.1, 0.15) is 18.1 Å². The Labute approximate surface area is 175 Å². The molecular formula is C23H25N5O2. The fraction of sp³-hybridized carbons (Fsp3) is 0.261. The van der Waals surface area contributed by atoms with E-state index in [1.165, 1.54) is 6.33 Å². The van der Waals surface area contributed by atoms with Crippen LogP contribution in [0.5, 0.6) is 5.75 Å².